The molecule has 7 heteroatoms. The maximum atomic E-state index is 12.7. The van der Waals surface area contributed by atoms with Crippen molar-refractivity contribution in [2.75, 3.05) is 24.5 Å². The third kappa shape index (κ3) is 4.01. The van der Waals surface area contributed by atoms with Crippen LogP contribution in [0.2, 0.25) is 5.02 Å². The van der Waals surface area contributed by atoms with Crippen molar-refractivity contribution >= 4 is 17.4 Å². The number of rotatable bonds is 4. The van der Waals surface area contributed by atoms with Crippen LogP contribution in [-0.2, 0) is 6.18 Å². The van der Waals surface area contributed by atoms with Gasteiger partial charge in [-0.25, -0.2) is 4.98 Å². The highest BCUT2D eigenvalue weighted by Gasteiger charge is 2.33. The second-order valence-corrected chi connectivity index (χ2v) is 5.59. The largest absolute Gasteiger partial charge is 0.417 e. The summed E-state index contributed by atoms with van der Waals surface area (Å²) in [5, 5.41) is 3.34. The molecule has 1 aliphatic rings. The fourth-order valence-corrected chi connectivity index (χ4v) is 2.87. The minimum Gasteiger partial charge on any atom is -0.351 e. The number of pyridine rings is 1. The van der Waals surface area contributed by atoms with Gasteiger partial charge < -0.3 is 10.2 Å². The van der Waals surface area contributed by atoms with E-state index < -0.39 is 11.7 Å². The van der Waals surface area contributed by atoms with Crippen LogP contribution in [0.4, 0.5) is 19.0 Å². The highest BCUT2D eigenvalue weighted by molar-refractivity contribution is 6.33. The lowest BCUT2D eigenvalue weighted by atomic mass is 10.0. The zero-order chi connectivity index (χ0) is 15.5. The van der Waals surface area contributed by atoms with E-state index in [9.17, 15) is 13.2 Å². The first kappa shape index (κ1) is 16.4. The van der Waals surface area contributed by atoms with Crippen LogP contribution in [0.3, 0.4) is 0 Å². The van der Waals surface area contributed by atoms with Crippen LogP contribution in [0.5, 0.6) is 0 Å². The van der Waals surface area contributed by atoms with Crippen molar-refractivity contribution in [2.45, 2.75) is 38.4 Å². The van der Waals surface area contributed by atoms with Gasteiger partial charge in [0.25, 0.3) is 0 Å². The Morgan fingerprint density at radius 2 is 2.19 bits per heavy atom. The number of aromatic nitrogens is 1. The summed E-state index contributed by atoms with van der Waals surface area (Å²) in [6.45, 7) is 4.44. The van der Waals surface area contributed by atoms with Crippen LogP contribution in [0.15, 0.2) is 12.3 Å². The molecular weight excluding hydrogens is 303 g/mol. The van der Waals surface area contributed by atoms with Crippen molar-refractivity contribution in [3.63, 3.8) is 0 Å². The molecule has 0 radical (unpaired) electrons. The van der Waals surface area contributed by atoms with E-state index in [1.165, 1.54) is 0 Å². The Bertz CT molecular complexity index is 479. The second-order valence-electron chi connectivity index (χ2n) is 5.18. The smallest absolute Gasteiger partial charge is 0.351 e. The lowest BCUT2D eigenvalue weighted by Gasteiger charge is -2.37. The molecule has 1 aromatic heterocycles. The molecule has 0 spiro atoms. The van der Waals surface area contributed by atoms with E-state index in [2.05, 4.69) is 10.3 Å². The van der Waals surface area contributed by atoms with Gasteiger partial charge in [-0.15, -0.1) is 0 Å². The maximum absolute atomic E-state index is 12.7. The van der Waals surface area contributed by atoms with Gasteiger partial charge in [0, 0.05) is 25.3 Å². The summed E-state index contributed by atoms with van der Waals surface area (Å²) in [7, 11) is 0. The van der Waals surface area contributed by atoms with Gasteiger partial charge in [-0.2, -0.15) is 13.2 Å². The van der Waals surface area contributed by atoms with E-state index in [4.69, 9.17) is 11.6 Å². The van der Waals surface area contributed by atoms with E-state index >= 15 is 0 Å². The third-order valence-corrected chi connectivity index (χ3v) is 3.96. The molecule has 0 aliphatic carbocycles. The van der Waals surface area contributed by atoms with Gasteiger partial charge >= 0.3 is 6.18 Å². The molecular formula is C14H19ClF3N3. The highest BCUT2D eigenvalue weighted by Crippen LogP contribution is 2.35. The van der Waals surface area contributed by atoms with Gasteiger partial charge in [0.05, 0.1) is 10.6 Å². The first-order chi connectivity index (χ1) is 9.93. The number of anilines is 1. The topological polar surface area (TPSA) is 28.2 Å². The molecule has 1 aromatic rings. The first-order valence-electron chi connectivity index (χ1n) is 7.13. The van der Waals surface area contributed by atoms with Crippen molar-refractivity contribution in [1.29, 1.82) is 0 Å². The quantitative estimate of drug-likeness (QED) is 0.916. The summed E-state index contributed by atoms with van der Waals surface area (Å²) >= 11 is 6.04. The van der Waals surface area contributed by atoms with Crippen LogP contribution in [0, 0.1) is 0 Å². The molecule has 118 valence electrons. The van der Waals surface area contributed by atoms with Gasteiger partial charge in [-0.1, -0.05) is 18.5 Å². The monoisotopic (exact) mass is 321 g/mol. The number of nitrogens with zero attached hydrogens (tertiary/aromatic N) is 2. The molecule has 1 aliphatic heterocycles. The second kappa shape index (κ2) is 6.83. The molecule has 0 amide bonds. The van der Waals surface area contributed by atoms with Crippen LogP contribution < -0.4 is 10.2 Å². The standard InChI is InChI=1S/C14H19ClF3N3/c1-2-19-9-11-5-3-4-6-21(11)13-12(15)7-10(8-20-13)14(16,17)18/h7-8,11,19H,2-6,9H2,1H3. The Morgan fingerprint density at radius 1 is 1.43 bits per heavy atom. The number of alkyl halides is 3. The van der Waals surface area contributed by atoms with Crippen molar-refractivity contribution in [1.82, 2.24) is 10.3 Å². The summed E-state index contributed by atoms with van der Waals surface area (Å²) in [4.78, 5) is 6.00. The van der Waals surface area contributed by atoms with Gasteiger partial charge in [0.2, 0.25) is 0 Å². The molecule has 2 rings (SSSR count). The van der Waals surface area contributed by atoms with Gasteiger partial charge in [-0.05, 0) is 31.9 Å². The fraction of sp³-hybridized carbons (Fsp3) is 0.643. The molecule has 2 heterocycles. The van der Waals surface area contributed by atoms with Crippen LogP contribution in [0.25, 0.3) is 0 Å². The number of piperidine rings is 1. The van der Waals surface area contributed by atoms with Crippen LogP contribution >= 0.6 is 11.6 Å². The Balaban J connectivity index is 2.22. The average molecular weight is 322 g/mol. The summed E-state index contributed by atoms with van der Waals surface area (Å²) < 4.78 is 38.0. The number of hydrogen-bond acceptors (Lipinski definition) is 3. The number of halogens is 4. The summed E-state index contributed by atoms with van der Waals surface area (Å²) in [5.41, 5.74) is -0.809. The maximum Gasteiger partial charge on any atom is 0.417 e. The van der Waals surface area contributed by atoms with E-state index in [1.54, 1.807) is 0 Å². The molecule has 21 heavy (non-hydrogen) atoms. The van der Waals surface area contributed by atoms with E-state index in [1.807, 2.05) is 11.8 Å². The molecule has 0 aromatic carbocycles. The molecule has 3 nitrogen and oxygen atoms in total. The van der Waals surface area contributed by atoms with Crippen LogP contribution in [0.1, 0.15) is 31.7 Å². The predicted octanol–water partition coefficient (Wildman–Crippen LogP) is 3.72. The molecule has 1 saturated heterocycles. The SMILES string of the molecule is CCNCC1CCCCN1c1ncc(C(F)(F)F)cc1Cl. The number of likely N-dealkylation sites (N-methyl/N-ethyl adjacent to an activating group) is 1. The zero-order valence-electron chi connectivity index (χ0n) is 11.9. The van der Waals surface area contributed by atoms with Crippen molar-refractivity contribution in [2.24, 2.45) is 0 Å². The Hall–Kier alpha value is -1.01. The Labute approximate surface area is 127 Å². The predicted molar refractivity (Wildman–Crippen MR) is 77.8 cm³/mol. The van der Waals surface area contributed by atoms with Crippen molar-refractivity contribution in [3.05, 3.63) is 22.8 Å². The minimum atomic E-state index is -4.42. The molecule has 0 bridgehead atoms. The molecule has 1 unspecified atom stereocenters. The van der Waals surface area contributed by atoms with Crippen LogP contribution in [-0.4, -0.2) is 30.7 Å². The lowest BCUT2D eigenvalue weighted by molar-refractivity contribution is -0.137. The average Bonchev–Trinajstić information content (AvgIpc) is 2.44. The lowest BCUT2D eigenvalue weighted by Crippen LogP contribution is -2.46. The molecule has 0 saturated carbocycles. The van der Waals surface area contributed by atoms with Gasteiger partial charge in [0.15, 0.2) is 0 Å². The number of hydrogen-bond donors (Lipinski definition) is 1. The summed E-state index contributed by atoms with van der Waals surface area (Å²) in [6.07, 6.45) is -0.446. The molecule has 1 fully saturated rings. The Kier molecular flexibility index (Phi) is 5.32. The summed E-state index contributed by atoms with van der Waals surface area (Å²) in [5.74, 6) is 0.451. The van der Waals surface area contributed by atoms with Gasteiger partial charge in [0.1, 0.15) is 5.82 Å². The van der Waals surface area contributed by atoms with Crippen molar-refractivity contribution in [3.8, 4) is 0 Å². The van der Waals surface area contributed by atoms with E-state index in [-0.39, 0.29) is 11.1 Å². The zero-order valence-corrected chi connectivity index (χ0v) is 12.6. The highest BCUT2D eigenvalue weighted by atomic mass is 35.5. The molecule has 1 atom stereocenters. The van der Waals surface area contributed by atoms with E-state index in [0.717, 1.165) is 51.2 Å². The first-order valence-corrected chi connectivity index (χ1v) is 7.51. The van der Waals surface area contributed by atoms with Crippen molar-refractivity contribution < 1.29 is 13.2 Å². The van der Waals surface area contributed by atoms with Gasteiger partial charge in [-0.3, -0.25) is 0 Å². The normalized spacial score (nSPS) is 19.9. The fourth-order valence-electron chi connectivity index (χ4n) is 2.60. The Morgan fingerprint density at radius 3 is 2.81 bits per heavy atom. The minimum absolute atomic E-state index is 0.0632. The van der Waals surface area contributed by atoms with E-state index in [0.29, 0.717) is 5.82 Å². The third-order valence-electron chi connectivity index (χ3n) is 3.68. The number of nitrogens with one attached hydrogen (secondary N) is 1. The molecule has 1 N–H and O–H groups in total. The summed E-state index contributed by atoms with van der Waals surface area (Å²) in [6, 6.07) is 1.18.